The van der Waals surface area contributed by atoms with Crippen LogP contribution in [0, 0.1) is 11.8 Å². The minimum Gasteiger partial charge on any atom is -0.735 e. The lowest BCUT2D eigenvalue weighted by atomic mass is 9.84. The third-order valence-electron chi connectivity index (χ3n) is 6.41. The van der Waals surface area contributed by atoms with E-state index in [4.69, 9.17) is 18.9 Å². The Morgan fingerprint density at radius 3 is 1.98 bits per heavy atom. The van der Waals surface area contributed by atoms with E-state index in [9.17, 15) is 59.0 Å². The van der Waals surface area contributed by atoms with E-state index in [2.05, 4.69) is 8.37 Å². The first-order valence-electron chi connectivity index (χ1n) is 11.7. The molecular weight excluding hydrogens is 630 g/mol. The quantitative estimate of drug-likeness (QED) is 0.0947. The van der Waals surface area contributed by atoms with Crippen LogP contribution in [0.5, 0.6) is 0 Å². The Kier molecular flexibility index (Phi) is 12.8. The number of methoxy groups -OCH3 is 1. The third-order valence-corrected chi connectivity index (χ3v) is 7.85. The molecule has 4 N–H and O–H groups in total. The first kappa shape index (κ1) is 36.0. The van der Waals surface area contributed by atoms with Gasteiger partial charge in [-0.2, -0.15) is 0 Å². The number of aliphatic hydroxyl groups excluding tert-OH is 2. The van der Waals surface area contributed by atoms with Gasteiger partial charge in [-0.25, -0.2) is 34.8 Å². The van der Waals surface area contributed by atoms with Gasteiger partial charge in [0.2, 0.25) is 20.8 Å². The van der Waals surface area contributed by atoms with Crippen LogP contribution in [0.3, 0.4) is 0 Å². The molecule has 0 amide bonds. The summed E-state index contributed by atoms with van der Waals surface area (Å²) in [6, 6.07) is -1.68. The molecule has 0 aliphatic carbocycles. The molecule has 4 unspecified atom stereocenters. The number of nitrogens with one attached hydrogen (secondary N) is 1. The zero-order valence-electron chi connectivity index (χ0n) is 21.4. The predicted molar refractivity (Wildman–Crippen MR) is 124 cm³/mol. The molecule has 0 saturated carbocycles. The second-order valence-electron chi connectivity index (χ2n) is 9.12. The van der Waals surface area contributed by atoms with E-state index in [0.29, 0.717) is 0 Å². The summed E-state index contributed by atoms with van der Waals surface area (Å²) in [5, 5.41) is 31.0. The lowest BCUT2D eigenvalue weighted by Gasteiger charge is -2.45. The van der Waals surface area contributed by atoms with E-state index in [0.717, 1.165) is 7.11 Å². The van der Waals surface area contributed by atoms with Crippen molar-refractivity contribution in [2.45, 2.75) is 62.1 Å². The van der Waals surface area contributed by atoms with Crippen LogP contribution in [0.15, 0.2) is 0 Å². The molecule has 0 aromatic carbocycles. The molecule has 2 heterocycles. The number of hydrogen-bond acceptors (Lipinski definition) is 18. The normalized spacial score (nSPS) is 35.3. The van der Waals surface area contributed by atoms with Gasteiger partial charge in [0.15, 0.2) is 16.4 Å². The molecule has 20 nitrogen and oxygen atoms in total. The summed E-state index contributed by atoms with van der Waals surface area (Å²) in [7, 11) is -14.8. The van der Waals surface area contributed by atoms with Crippen molar-refractivity contribution >= 4 is 37.1 Å². The summed E-state index contributed by atoms with van der Waals surface area (Å²) in [6.07, 6.45) is -11.9. The molecule has 0 aromatic rings. The number of carboxylic acid groups (broad SMARTS) is 1. The topological polar surface area (TPSA) is 317 Å². The van der Waals surface area contributed by atoms with Gasteiger partial charge in [0, 0.05) is 18.9 Å². The summed E-state index contributed by atoms with van der Waals surface area (Å²) in [4.78, 5) is 11.7. The fraction of sp³-hybridized carbons (Fsp3) is 0.944. The average molecular weight is 661 g/mol. The van der Waals surface area contributed by atoms with Crippen molar-refractivity contribution in [1.82, 2.24) is 4.72 Å². The summed E-state index contributed by atoms with van der Waals surface area (Å²) in [5.74, 6) is -4.19. The van der Waals surface area contributed by atoms with E-state index < -0.39 is 124 Å². The highest BCUT2D eigenvalue weighted by Gasteiger charge is 2.50. The summed E-state index contributed by atoms with van der Waals surface area (Å²) in [5.41, 5.74) is 0. The highest BCUT2D eigenvalue weighted by Crippen LogP contribution is 2.33. The van der Waals surface area contributed by atoms with Crippen molar-refractivity contribution in [1.29, 1.82) is 0 Å². The Morgan fingerprint density at radius 1 is 0.854 bits per heavy atom. The van der Waals surface area contributed by atoms with Gasteiger partial charge in [0.1, 0.15) is 18.3 Å². The van der Waals surface area contributed by atoms with Crippen molar-refractivity contribution in [2.75, 3.05) is 33.5 Å². The zero-order chi connectivity index (χ0) is 31.3. The maximum absolute atomic E-state index is 11.7. The number of carboxylic acids is 1. The molecular formula is C18H30NO19S3-3. The number of aliphatic carboxylic acids is 1. The van der Waals surface area contributed by atoms with E-state index in [1.807, 2.05) is 0 Å². The van der Waals surface area contributed by atoms with Crippen LogP contribution in [-0.2, 0) is 63.2 Å². The number of ether oxygens (including phenoxy) is 4. The number of hydrogen-bond donors (Lipinski definition) is 4. The average Bonchev–Trinajstić information content (AvgIpc) is 2.81. The molecule has 242 valence electrons. The molecule has 2 aliphatic rings. The van der Waals surface area contributed by atoms with Crippen molar-refractivity contribution in [3.63, 3.8) is 0 Å². The van der Waals surface area contributed by atoms with Crippen LogP contribution >= 0.6 is 0 Å². The smallest absolute Gasteiger partial charge is 0.333 e. The Labute approximate surface area is 235 Å². The second-order valence-corrected chi connectivity index (χ2v) is 12.3. The molecule has 2 saturated heterocycles. The van der Waals surface area contributed by atoms with Gasteiger partial charge >= 0.3 is 5.97 Å². The van der Waals surface area contributed by atoms with Gasteiger partial charge in [-0.3, -0.25) is 8.37 Å². The van der Waals surface area contributed by atoms with Crippen molar-refractivity contribution in [2.24, 2.45) is 11.8 Å². The van der Waals surface area contributed by atoms with Gasteiger partial charge in [-0.05, 0) is 6.42 Å². The molecule has 2 fully saturated rings. The Balaban J connectivity index is 2.31. The Hall–Kier alpha value is -1.16. The molecule has 0 aromatic heterocycles. The number of aliphatic hydroxyl groups is 2. The minimum absolute atomic E-state index is 0.0277. The van der Waals surface area contributed by atoms with Crippen LogP contribution in [0.25, 0.3) is 0 Å². The highest BCUT2D eigenvalue weighted by atomic mass is 32.3. The van der Waals surface area contributed by atoms with Gasteiger partial charge in [0.25, 0.3) is 0 Å². The monoisotopic (exact) mass is 660 g/mol. The molecule has 10 atom stereocenters. The van der Waals surface area contributed by atoms with Crippen LogP contribution in [0.4, 0.5) is 0 Å². The molecule has 0 radical (unpaired) electrons. The largest absolute Gasteiger partial charge is 0.735 e. The fourth-order valence-corrected chi connectivity index (χ4v) is 6.11. The molecule has 0 spiro atoms. The summed E-state index contributed by atoms with van der Waals surface area (Å²) < 4.78 is 132. The van der Waals surface area contributed by atoms with E-state index in [1.54, 1.807) is 4.72 Å². The minimum atomic E-state index is -5.44. The first-order valence-corrected chi connectivity index (χ1v) is 15.8. The maximum atomic E-state index is 11.7. The van der Waals surface area contributed by atoms with Crippen molar-refractivity contribution in [3.05, 3.63) is 0 Å². The lowest BCUT2D eigenvalue weighted by molar-refractivity contribution is -0.222. The fourth-order valence-electron chi connectivity index (χ4n) is 4.67. The van der Waals surface area contributed by atoms with Crippen LogP contribution in [-0.4, -0.2) is 143 Å². The molecule has 23 heteroatoms. The second kappa shape index (κ2) is 14.5. The lowest BCUT2D eigenvalue weighted by Crippen LogP contribution is -2.64. The third kappa shape index (κ3) is 10.8. The molecule has 2 aliphatic heterocycles. The van der Waals surface area contributed by atoms with Crippen molar-refractivity contribution in [3.8, 4) is 0 Å². The van der Waals surface area contributed by atoms with Gasteiger partial charge in [-0.15, -0.1) is 0 Å². The standard InChI is InChI=1S/C18H33NO19S3/c1-3-8-15(21)17(38-41(30,31)32)12(37-16(8)18(22)23)6-34-4-9-10(7-35-40(27,28)29)36-11(5-33-2)13(14(9)20)19-39(24,25)26/h8-17,19-21H,3-7H2,1-2H3,(H,22,23)(H,24,25,26)(H,27,28,29)(H,30,31,32)/p-3/t8-,9+,10?,11+,12-,13?,14+,15+,16?,17?/m0/s1. The van der Waals surface area contributed by atoms with E-state index in [1.165, 1.54) is 6.92 Å². The molecule has 2 rings (SSSR count). The van der Waals surface area contributed by atoms with Gasteiger partial charge < -0.3 is 47.9 Å². The highest BCUT2D eigenvalue weighted by molar-refractivity contribution is 7.83. The SMILES string of the molecule is CC[C@@H]1C(C(=O)O)O[C@@H](COC[C@@H]2C(COS(=O)(=O)[O-])O[C@H](COC)C(NS(=O)(=O)[O-])[C@@H]2O)C(OS(=O)(=O)[O-])[C@@H]1O. The van der Waals surface area contributed by atoms with Gasteiger partial charge in [-0.1, -0.05) is 6.92 Å². The Bertz CT molecular complexity index is 1190. The number of rotatable bonds is 15. The van der Waals surface area contributed by atoms with Crippen molar-refractivity contribution < 1.29 is 86.3 Å². The number of carbonyl (C=O) groups is 1. The first-order chi connectivity index (χ1) is 18.8. The van der Waals surface area contributed by atoms with Crippen LogP contribution in [0.1, 0.15) is 13.3 Å². The molecule has 0 bridgehead atoms. The zero-order valence-corrected chi connectivity index (χ0v) is 23.9. The summed E-state index contributed by atoms with van der Waals surface area (Å²) >= 11 is 0. The summed E-state index contributed by atoms with van der Waals surface area (Å²) in [6.45, 7) is -1.50. The van der Waals surface area contributed by atoms with Crippen LogP contribution < -0.4 is 4.72 Å². The van der Waals surface area contributed by atoms with E-state index >= 15 is 0 Å². The maximum Gasteiger partial charge on any atom is 0.333 e. The van der Waals surface area contributed by atoms with Crippen LogP contribution in [0.2, 0.25) is 0 Å². The molecule has 41 heavy (non-hydrogen) atoms. The Morgan fingerprint density at radius 2 is 1.49 bits per heavy atom. The predicted octanol–water partition coefficient (Wildman–Crippen LogP) is -4.63. The van der Waals surface area contributed by atoms with Gasteiger partial charge in [0.05, 0.1) is 50.8 Å². The van der Waals surface area contributed by atoms with E-state index in [-0.39, 0.29) is 6.42 Å².